The first-order valence-electron chi connectivity index (χ1n) is 6.60. The second-order valence-corrected chi connectivity index (χ2v) is 6.52. The summed E-state index contributed by atoms with van der Waals surface area (Å²) in [6, 6.07) is 12.7. The highest BCUT2D eigenvalue weighted by Crippen LogP contribution is 2.30. The monoisotopic (exact) mass is 274 g/mol. The lowest BCUT2D eigenvalue weighted by Crippen LogP contribution is -2.37. The molecule has 2 aromatic carbocycles. The summed E-state index contributed by atoms with van der Waals surface area (Å²) in [5.74, 6) is 1.54. The molecule has 0 aromatic heterocycles. The van der Waals surface area contributed by atoms with Crippen molar-refractivity contribution in [3.8, 4) is 0 Å². The SMILES string of the molecule is NCc1ccc(N2CCS(=O)CC2)c2ccccc12. The molecule has 0 radical (unpaired) electrons. The van der Waals surface area contributed by atoms with Crippen LogP contribution in [-0.2, 0) is 17.3 Å². The van der Waals surface area contributed by atoms with Crippen molar-refractivity contribution in [1.29, 1.82) is 0 Å². The van der Waals surface area contributed by atoms with Gasteiger partial charge in [0.1, 0.15) is 0 Å². The number of nitrogens with zero attached hydrogens (tertiary/aromatic N) is 1. The zero-order valence-corrected chi connectivity index (χ0v) is 11.7. The van der Waals surface area contributed by atoms with Crippen molar-refractivity contribution in [2.75, 3.05) is 29.5 Å². The highest BCUT2D eigenvalue weighted by Gasteiger charge is 2.17. The van der Waals surface area contributed by atoms with Crippen LogP contribution in [0.2, 0.25) is 0 Å². The highest BCUT2D eigenvalue weighted by atomic mass is 32.2. The Morgan fingerprint density at radius 2 is 1.74 bits per heavy atom. The lowest BCUT2D eigenvalue weighted by atomic mass is 10.0. The smallest absolute Gasteiger partial charge is 0.0446 e. The molecule has 4 heteroatoms. The van der Waals surface area contributed by atoms with Gasteiger partial charge in [-0.25, -0.2) is 0 Å². The Bertz CT molecular complexity index is 617. The molecule has 0 unspecified atom stereocenters. The summed E-state index contributed by atoms with van der Waals surface area (Å²) in [6.07, 6.45) is 0. The Balaban J connectivity index is 2.07. The summed E-state index contributed by atoms with van der Waals surface area (Å²) in [4.78, 5) is 2.34. The Morgan fingerprint density at radius 3 is 2.42 bits per heavy atom. The van der Waals surface area contributed by atoms with E-state index in [1.54, 1.807) is 0 Å². The lowest BCUT2D eigenvalue weighted by Gasteiger charge is -2.29. The van der Waals surface area contributed by atoms with Gasteiger partial charge >= 0.3 is 0 Å². The molecule has 0 bridgehead atoms. The highest BCUT2D eigenvalue weighted by molar-refractivity contribution is 7.85. The summed E-state index contributed by atoms with van der Waals surface area (Å²) in [5, 5.41) is 2.48. The van der Waals surface area contributed by atoms with Crippen molar-refractivity contribution in [3.63, 3.8) is 0 Å². The minimum Gasteiger partial charge on any atom is -0.369 e. The average Bonchev–Trinajstić information content (AvgIpc) is 2.47. The van der Waals surface area contributed by atoms with E-state index in [0.29, 0.717) is 6.54 Å². The van der Waals surface area contributed by atoms with Gasteiger partial charge in [0, 0.05) is 53.0 Å². The third-order valence-electron chi connectivity index (χ3n) is 3.73. The minimum absolute atomic E-state index is 0.560. The van der Waals surface area contributed by atoms with Gasteiger partial charge in [0.2, 0.25) is 0 Å². The first kappa shape index (κ1) is 12.6. The van der Waals surface area contributed by atoms with E-state index in [9.17, 15) is 4.21 Å². The van der Waals surface area contributed by atoms with Crippen LogP contribution in [0.15, 0.2) is 36.4 Å². The molecule has 0 spiro atoms. The number of nitrogens with two attached hydrogens (primary N) is 1. The molecule has 19 heavy (non-hydrogen) atoms. The van der Waals surface area contributed by atoms with Crippen LogP contribution in [0.3, 0.4) is 0 Å². The van der Waals surface area contributed by atoms with E-state index in [1.165, 1.54) is 22.0 Å². The summed E-state index contributed by atoms with van der Waals surface area (Å²) < 4.78 is 11.5. The Hall–Kier alpha value is -1.39. The number of fused-ring (bicyclic) bond motifs is 1. The summed E-state index contributed by atoms with van der Waals surface area (Å²) in [6.45, 7) is 2.31. The van der Waals surface area contributed by atoms with Gasteiger partial charge < -0.3 is 10.6 Å². The molecule has 3 rings (SSSR count). The van der Waals surface area contributed by atoms with E-state index in [2.05, 4.69) is 41.3 Å². The van der Waals surface area contributed by atoms with Crippen LogP contribution in [0.1, 0.15) is 5.56 Å². The first-order valence-corrected chi connectivity index (χ1v) is 8.09. The van der Waals surface area contributed by atoms with Gasteiger partial charge in [-0.15, -0.1) is 0 Å². The summed E-state index contributed by atoms with van der Waals surface area (Å²) in [5.41, 5.74) is 8.23. The quantitative estimate of drug-likeness (QED) is 0.909. The van der Waals surface area contributed by atoms with Crippen LogP contribution in [0.5, 0.6) is 0 Å². The molecule has 1 saturated heterocycles. The largest absolute Gasteiger partial charge is 0.369 e. The van der Waals surface area contributed by atoms with Crippen molar-refractivity contribution in [3.05, 3.63) is 42.0 Å². The number of hydrogen-bond donors (Lipinski definition) is 1. The maximum Gasteiger partial charge on any atom is 0.0446 e. The summed E-state index contributed by atoms with van der Waals surface area (Å²) >= 11 is 0. The van der Waals surface area contributed by atoms with Gasteiger partial charge in [-0.3, -0.25) is 4.21 Å². The van der Waals surface area contributed by atoms with Gasteiger partial charge in [0.15, 0.2) is 0 Å². The molecule has 0 saturated carbocycles. The van der Waals surface area contributed by atoms with Crippen molar-refractivity contribution in [1.82, 2.24) is 0 Å². The van der Waals surface area contributed by atoms with E-state index in [1.807, 2.05) is 0 Å². The zero-order chi connectivity index (χ0) is 13.2. The molecule has 1 aliphatic rings. The predicted molar refractivity (Wildman–Crippen MR) is 81.9 cm³/mol. The molecule has 0 amide bonds. The number of benzene rings is 2. The van der Waals surface area contributed by atoms with Crippen molar-refractivity contribution >= 4 is 27.3 Å². The topological polar surface area (TPSA) is 46.3 Å². The van der Waals surface area contributed by atoms with Crippen LogP contribution < -0.4 is 10.6 Å². The minimum atomic E-state index is -0.636. The van der Waals surface area contributed by atoms with Crippen molar-refractivity contribution in [2.45, 2.75) is 6.54 Å². The molecule has 1 aliphatic heterocycles. The van der Waals surface area contributed by atoms with E-state index in [-0.39, 0.29) is 0 Å². The average molecular weight is 274 g/mol. The second kappa shape index (κ2) is 5.31. The van der Waals surface area contributed by atoms with Crippen molar-refractivity contribution in [2.24, 2.45) is 5.73 Å². The van der Waals surface area contributed by atoms with Crippen LogP contribution in [0, 0.1) is 0 Å². The van der Waals surface area contributed by atoms with Crippen LogP contribution in [0.25, 0.3) is 10.8 Å². The standard InChI is InChI=1S/C15H18N2OS/c16-11-12-5-6-15(14-4-2-1-3-13(12)14)17-7-9-19(18)10-8-17/h1-6H,7-11,16H2. The summed E-state index contributed by atoms with van der Waals surface area (Å²) in [7, 11) is -0.636. The van der Waals surface area contributed by atoms with Gasteiger partial charge in [-0.05, 0) is 17.0 Å². The van der Waals surface area contributed by atoms with Crippen molar-refractivity contribution < 1.29 is 4.21 Å². The molecule has 0 aliphatic carbocycles. The predicted octanol–water partition coefficient (Wildman–Crippen LogP) is 1.87. The molecule has 2 aromatic rings. The molecule has 1 heterocycles. The van der Waals surface area contributed by atoms with Crippen LogP contribution >= 0.6 is 0 Å². The number of anilines is 1. The van der Waals surface area contributed by atoms with E-state index in [4.69, 9.17) is 5.73 Å². The van der Waals surface area contributed by atoms with Gasteiger partial charge in [-0.1, -0.05) is 30.3 Å². The lowest BCUT2D eigenvalue weighted by molar-refractivity contribution is 0.673. The Morgan fingerprint density at radius 1 is 1.05 bits per heavy atom. The fourth-order valence-corrected chi connectivity index (χ4v) is 3.73. The fourth-order valence-electron chi connectivity index (χ4n) is 2.68. The Kier molecular flexibility index (Phi) is 3.53. The molecule has 3 nitrogen and oxygen atoms in total. The molecule has 100 valence electrons. The normalized spacial score (nSPS) is 17.0. The molecular formula is C15H18N2OS. The number of hydrogen-bond acceptors (Lipinski definition) is 3. The van der Waals surface area contributed by atoms with Crippen LogP contribution in [-0.4, -0.2) is 28.8 Å². The second-order valence-electron chi connectivity index (χ2n) is 4.83. The maximum absolute atomic E-state index is 11.5. The van der Waals surface area contributed by atoms with Crippen LogP contribution in [0.4, 0.5) is 5.69 Å². The molecule has 0 atom stereocenters. The van der Waals surface area contributed by atoms with Gasteiger partial charge in [-0.2, -0.15) is 0 Å². The first-order chi connectivity index (χ1) is 9.29. The third-order valence-corrected chi connectivity index (χ3v) is 5.01. The maximum atomic E-state index is 11.5. The Labute approximate surface area is 115 Å². The van der Waals surface area contributed by atoms with Gasteiger partial charge in [0.25, 0.3) is 0 Å². The van der Waals surface area contributed by atoms with E-state index >= 15 is 0 Å². The van der Waals surface area contributed by atoms with Gasteiger partial charge in [0.05, 0.1) is 0 Å². The van der Waals surface area contributed by atoms with E-state index in [0.717, 1.165) is 24.6 Å². The molecular weight excluding hydrogens is 256 g/mol. The fraction of sp³-hybridized carbons (Fsp3) is 0.333. The molecule has 2 N–H and O–H groups in total. The molecule has 1 fully saturated rings. The third kappa shape index (κ3) is 2.38. The zero-order valence-electron chi connectivity index (χ0n) is 10.8. The number of rotatable bonds is 2. The van der Waals surface area contributed by atoms with E-state index < -0.39 is 10.8 Å².